The third-order valence-corrected chi connectivity index (χ3v) is 15.0. The Hall–Kier alpha value is -6.56. The summed E-state index contributed by atoms with van der Waals surface area (Å²) in [7, 11) is -2.71. The first-order chi connectivity index (χ1) is 25.3. The van der Waals surface area contributed by atoms with Gasteiger partial charge in [0.05, 0.1) is 17.2 Å². The second kappa shape index (κ2) is 11.8. The van der Waals surface area contributed by atoms with Crippen LogP contribution in [0, 0.1) is 0 Å². The van der Waals surface area contributed by atoms with Gasteiger partial charge in [-0.1, -0.05) is 152 Å². The summed E-state index contributed by atoms with van der Waals surface area (Å²) in [4.78, 5) is 10.1. The van der Waals surface area contributed by atoms with E-state index in [0.29, 0.717) is 11.4 Å². The standard InChI is InChI=1S/C46H31N3OSi/c1-4-16-34(17-5-1)51(35-18-6-2-7-19-35,36-20-8-3-9-21-36)37-22-14-15-32(29-37)46-47-31-44-45(48-46)40-30-33(27-28-43(40)50-44)49-41-25-12-10-23-38(41)39-24-11-13-26-42(39)49/h1-31H. The van der Waals surface area contributed by atoms with E-state index in [-0.39, 0.29) is 0 Å². The molecule has 0 saturated heterocycles. The topological polar surface area (TPSA) is 43.9 Å². The first-order valence-corrected chi connectivity index (χ1v) is 19.2. The lowest BCUT2D eigenvalue weighted by molar-refractivity contribution is 0.666. The number of furan rings is 1. The van der Waals surface area contributed by atoms with Crippen LogP contribution in [0.4, 0.5) is 0 Å². The molecule has 0 bridgehead atoms. The highest BCUT2D eigenvalue weighted by molar-refractivity contribution is 7.19. The van der Waals surface area contributed by atoms with Crippen LogP contribution < -0.4 is 20.7 Å². The largest absolute Gasteiger partial charge is 0.453 e. The summed E-state index contributed by atoms with van der Waals surface area (Å²) >= 11 is 0. The number of hydrogen-bond donors (Lipinski definition) is 0. The van der Waals surface area contributed by atoms with E-state index in [0.717, 1.165) is 27.7 Å². The van der Waals surface area contributed by atoms with Crippen LogP contribution >= 0.6 is 0 Å². The average Bonchev–Trinajstić information content (AvgIpc) is 3.74. The molecule has 10 aromatic rings. The highest BCUT2D eigenvalue weighted by atomic mass is 28.3. The number of nitrogens with zero attached hydrogens (tertiary/aromatic N) is 3. The maximum atomic E-state index is 6.31. The summed E-state index contributed by atoms with van der Waals surface area (Å²) in [5.74, 6) is 0.673. The highest BCUT2D eigenvalue weighted by Gasteiger charge is 2.41. The molecule has 5 heteroatoms. The van der Waals surface area contributed by atoms with Gasteiger partial charge in [-0.2, -0.15) is 0 Å². The summed E-state index contributed by atoms with van der Waals surface area (Å²) < 4.78 is 8.64. The normalized spacial score (nSPS) is 11.9. The Labute approximate surface area is 295 Å². The maximum absolute atomic E-state index is 6.31. The smallest absolute Gasteiger partial charge is 0.179 e. The Kier molecular flexibility index (Phi) is 6.79. The zero-order chi connectivity index (χ0) is 33.8. The number of fused-ring (bicyclic) bond motifs is 6. The molecule has 0 aliphatic carbocycles. The van der Waals surface area contributed by atoms with Gasteiger partial charge in [0.1, 0.15) is 11.1 Å². The highest BCUT2D eigenvalue weighted by Crippen LogP contribution is 2.35. The summed E-state index contributed by atoms with van der Waals surface area (Å²) in [6.07, 6.45) is 1.82. The lowest BCUT2D eigenvalue weighted by Gasteiger charge is -2.34. The molecule has 51 heavy (non-hydrogen) atoms. The van der Waals surface area contributed by atoms with Crippen LogP contribution in [0.3, 0.4) is 0 Å². The zero-order valence-corrected chi connectivity index (χ0v) is 28.6. The second-order valence-electron chi connectivity index (χ2n) is 13.0. The first kappa shape index (κ1) is 29.4. The Morgan fingerprint density at radius 3 is 1.61 bits per heavy atom. The molecule has 4 nitrogen and oxygen atoms in total. The van der Waals surface area contributed by atoms with E-state index in [1.807, 2.05) is 6.20 Å². The van der Waals surface area contributed by atoms with Crippen molar-refractivity contribution in [3.8, 4) is 17.1 Å². The van der Waals surface area contributed by atoms with Gasteiger partial charge in [0, 0.05) is 27.4 Å². The van der Waals surface area contributed by atoms with Gasteiger partial charge in [0.2, 0.25) is 0 Å². The molecule has 0 radical (unpaired) electrons. The number of para-hydroxylation sites is 2. The Balaban J connectivity index is 1.16. The van der Waals surface area contributed by atoms with Gasteiger partial charge in [-0.3, -0.25) is 0 Å². The van der Waals surface area contributed by atoms with Crippen LogP contribution in [0.25, 0.3) is 61.0 Å². The fraction of sp³-hybridized carbons (Fsp3) is 0. The van der Waals surface area contributed by atoms with Gasteiger partial charge in [-0.05, 0) is 51.1 Å². The molecule has 0 saturated carbocycles. The number of hydrogen-bond acceptors (Lipinski definition) is 3. The van der Waals surface area contributed by atoms with Gasteiger partial charge < -0.3 is 8.98 Å². The van der Waals surface area contributed by atoms with Gasteiger partial charge in [0.15, 0.2) is 19.5 Å². The monoisotopic (exact) mass is 669 g/mol. The quantitative estimate of drug-likeness (QED) is 0.132. The van der Waals surface area contributed by atoms with E-state index in [1.165, 1.54) is 42.6 Å². The Morgan fingerprint density at radius 2 is 1.00 bits per heavy atom. The van der Waals surface area contributed by atoms with Crippen LogP contribution in [0.1, 0.15) is 0 Å². The predicted octanol–water partition coefficient (Wildman–Crippen LogP) is 8.52. The van der Waals surface area contributed by atoms with Gasteiger partial charge in [-0.15, -0.1) is 0 Å². The van der Waals surface area contributed by atoms with Crippen LogP contribution in [0.15, 0.2) is 193 Å². The third-order valence-electron chi connectivity index (χ3n) is 10.2. The molecular formula is C46H31N3OSi. The Morgan fingerprint density at radius 1 is 0.451 bits per heavy atom. The van der Waals surface area contributed by atoms with E-state index in [2.05, 4.69) is 187 Å². The maximum Gasteiger partial charge on any atom is 0.179 e. The van der Waals surface area contributed by atoms with E-state index < -0.39 is 8.07 Å². The molecule has 0 atom stereocenters. The minimum atomic E-state index is -2.71. The minimum absolute atomic E-state index is 0.672. The van der Waals surface area contributed by atoms with Crippen LogP contribution in [0.5, 0.6) is 0 Å². The SMILES string of the molecule is c1ccc([Si](c2ccccc2)(c2ccccc2)c2cccc(-c3ncc4oc5ccc(-n6c7ccccc7c7ccccc76)cc5c4n3)c2)cc1. The molecule has 10 rings (SSSR count). The van der Waals surface area contributed by atoms with Crippen molar-refractivity contribution < 1.29 is 4.42 Å². The summed E-state index contributed by atoms with van der Waals surface area (Å²) in [6.45, 7) is 0. The molecular weight excluding hydrogens is 639 g/mol. The lowest BCUT2D eigenvalue weighted by atomic mass is 10.2. The average molecular weight is 670 g/mol. The van der Waals surface area contributed by atoms with Crippen molar-refractivity contribution >= 4 is 72.7 Å². The molecule has 3 aromatic heterocycles. The molecule has 0 N–H and O–H groups in total. The van der Waals surface area contributed by atoms with Crippen molar-refractivity contribution in [2.24, 2.45) is 0 Å². The summed E-state index contributed by atoms with van der Waals surface area (Å²) in [5, 5.41) is 8.69. The second-order valence-corrected chi connectivity index (χ2v) is 16.8. The summed E-state index contributed by atoms with van der Waals surface area (Å²) in [6, 6.07) is 65.3. The van der Waals surface area contributed by atoms with E-state index in [1.54, 1.807) is 0 Å². The van der Waals surface area contributed by atoms with Crippen LogP contribution in [-0.2, 0) is 0 Å². The third kappa shape index (κ3) is 4.59. The first-order valence-electron chi connectivity index (χ1n) is 17.2. The zero-order valence-electron chi connectivity index (χ0n) is 27.6. The molecule has 0 fully saturated rings. The molecule has 3 heterocycles. The molecule has 7 aromatic carbocycles. The van der Waals surface area contributed by atoms with E-state index >= 15 is 0 Å². The minimum Gasteiger partial charge on any atom is -0.453 e. The van der Waals surface area contributed by atoms with Crippen molar-refractivity contribution in [3.05, 3.63) is 188 Å². The molecule has 240 valence electrons. The van der Waals surface area contributed by atoms with Gasteiger partial charge in [0.25, 0.3) is 0 Å². The van der Waals surface area contributed by atoms with Crippen molar-refractivity contribution in [1.29, 1.82) is 0 Å². The van der Waals surface area contributed by atoms with E-state index in [9.17, 15) is 0 Å². The Bertz CT molecular complexity index is 2710. The predicted molar refractivity (Wildman–Crippen MR) is 213 cm³/mol. The van der Waals surface area contributed by atoms with Gasteiger partial charge in [-0.25, -0.2) is 9.97 Å². The molecule has 0 amide bonds. The molecule has 0 spiro atoms. The number of benzene rings is 7. The fourth-order valence-electron chi connectivity index (χ4n) is 7.98. The van der Waals surface area contributed by atoms with E-state index in [4.69, 9.17) is 14.4 Å². The number of aromatic nitrogens is 3. The fourth-order valence-corrected chi connectivity index (χ4v) is 12.8. The van der Waals surface area contributed by atoms with Crippen molar-refractivity contribution in [2.75, 3.05) is 0 Å². The van der Waals surface area contributed by atoms with Crippen molar-refractivity contribution in [3.63, 3.8) is 0 Å². The van der Waals surface area contributed by atoms with Crippen LogP contribution in [0.2, 0.25) is 0 Å². The number of rotatable bonds is 6. The van der Waals surface area contributed by atoms with Gasteiger partial charge >= 0.3 is 0 Å². The molecule has 0 unspecified atom stereocenters. The lowest BCUT2D eigenvalue weighted by Crippen LogP contribution is -2.74. The van der Waals surface area contributed by atoms with Crippen molar-refractivity contribution in [1.82, 2.24) is 14.5 Å². The summed E-state index contributed by atoms with van der Waals surface area (Å²) in [5.41, 5.74) is 6.64. The van der Waals surface area contributed by atoms with Crippen molar-refractivity contribution in [2.45, 2.75) is 0 Å². The van der Waals surface area contributed by atoms with Crippen LogP contribution in [-0.4, -0.2) is 22.6 Å². The molecule has 0 aliphatic heterocycles. The molecule has 0 aliphatic rings.